The van der Waals surface area contributed by atoms with Crippen LogP contribution in [0.15, 0.2) is 29.6 Å². The molecule has 2 aromatic rings. The van der Waals surface area contributed by atoms with E-state index >= 15 is 0 Å². The van der Waals surface area contributed by atoms with E-state index in [-0.39, 0.29) is 11.7 Å². The zero-order valence-corrected chi connectivity index (χ0v) is 11.9. The van der Waals surface area contributed by atoms with Crippen LogP contribution < -0.4 is 5.32 Å². The van der Waals surface area contributed by atoms with E-state index in [0.717, 1.165) is 2.88 Å². The van der Waals surface area contributed by atoms with Crippen molar-refractivity contribution in [3.05, 3.63) is 49.5 Å². The summed E-state index contributed by atoms with van der Waals surface area (Å²) in [5.74, 6) is -0.468. The molecule has 0 atom stereocenters. The van der Waals surface area contributed by atoms with Gasteiger partial charge in [0.1, 0.15) is 5.82 Å². The number of thiophene rings is 1. The Labute approximate surface area is 116 Å². The molecule has 1 amide bonds. The van der Waals surface area contributed by atoms with Gasteiger partial charge in [-0.15, -0.1) is 11.3 Å². The summed E-state index contributed by atoms with van der Waals surface area (Å²) in [4.78, 5) is 11.9. The molecule has 2 rings (SSSR count). The SMILES string of the molecule is Cc1cc(F)ccc1NC(=O)c1csc(I)c1. The molecule has 2 nitrogen and oxygen atoms in total. The number of hydrogen-bond donors (Lipinski definition) is 1. The second kappa shape index (κ2) is 5.14. The van der Waals surface area contributed by atoms with Crippen molar-refractivity contribution in [2.45, 2.75) is 6.92 Å². The second-order valence-corrected chi connectivity index (χ2v) is 6.36. The largest absolute Gasteiger partial charge is 0.322 e. The third kappa shape index (κ3) is 3.04. The molecule has 0 unspecified atom stereocenters. The van der Waals surface area contributed by atoms with Gasteiger partial charge in [-0.05, 0) is 59.3 Å². The lowest BCUT2D eigenvalue weighted by atomic mass is 10.2. The molecule has 88 valence electrons. The first kappa shape index (κ1) is 12.5. The minimum absolute atomic E-state index is 0.168. The van der Waals surface area contributed by atoms with Crippen LogP contribution in [0.5, 0.6) is 0 Å². The predicted molar refractivity (Wildman–Crippen MR) is 76.1 cm³/mol. The molecule has 0 saturated heterocycles. The predicted octanol–water partition coefficient (Wildman–Crippen LogP) is 4.05. The average molecular weight is 361 g/mol. The lowest BCUT2D eigenvalue weighted by molar-refractivity contribution is 0.102. The Morgan fingerprint density at radius 3 is 2.76 bits per heavy atom. The van der Waals surface area contributed by atoms with Gasteiger partial charge in [0.2, 0.25) is 0 Å². The van der Waals surface area contributed by atoms with Crippen molar-refractivity contribution in [3.63, 3.8) is 0 Å². The number of anilines is 1. The minimum Gasteiger partial charge on any atom is -0.322 e. The number of carbonyl (C=O) groups excluding carboxylic acids is 1. The van der Waals surface area contributed by atoms with E-state index in [9.17, 15) is 9.18 Å². The maximum atomic E-state index is 12.9. The number of rotatable bonds is 2. The molecule has 0 radical (unpaired) electrons. The van der Waals surface area contributed by atoms with Gasteiger partial charge in [-0.2, -0.15) is 0 Å². The molecule has 0 bridgehead atoms. The van der Waals surface area contributed by atoms with Gasteiger partial charge in [0, 0.05) is 11.1 Å². The molecule has 0 aliphatic rings. The zero-order chi connectivity index (χ0) is 12.4. The van der Waals surface area contributed by atoms with Gasteiger partial charge in [-0.1, -0.05) is 0 Å². The highest BCUT2D eigenvalue weighted by atomic mass is 127. The number of aryl methyl sites for hydroxylation is 1. The average Bonchev–Trinajstić information content (AvgIpc) is 2.69. The Bertz CT molecular complexity index is 567. The van der Waals surface area contributed by atoms with Gasteiger partial charge >= 0.3 is 0 Å². The summed E-state index contributed by atoms with van der Waals surface area (Å²) in [5, 5.41) is 4.57. The van der Waals surface area contributed by atoms with Crippen LogP contribution in [0.25, 0.3) is 0 Å². The molecular weight excluding hydrogens is 352 g/mol. The number of nitrogens with one attached hydrogen (secondary N) is 1. The van der Waals surface area contributed by atoms with Crippen molar-refractivity contribution in [2.24, 2.45) is 0 Å². The highest BCUT2D eigenvalue weighted by molar-refractivity contribution is 14.1. The Balaban J connectivity index is 2.18. The maximum Gasteiger partial charge on any atom is 0.256 e. The van der Waals surface area contributed by atoms with Gasteiger partial charge in [-0.25, -0.2) is 4.39 Å². The molecule has 0 aliphatic heterocycles. The number of carbonyl (C=O) groups is 1. The molecule has 0 fully saturated rings. The molecule has 1 N–H and O–H groups in total. The summed E-state index contributed by atoms with van der Waals surface area (Å²) in [6.07, 6.45) is 0. The Hall–Kier alpha value is -0.950. The first-order valence-electron chi connectivity index (χ1n) is 4.88. The lowest BCUT2D eigenvalue weighted by Crippen LogP contribution is -2.11. The van der Waals surface area contributed by atoms with Crippen LogP contribution in [0.1, 0.15) is 15.9 Å². The molecule has 0 saturated carbocycles. The molecule has 0 aliphatic carbocycles. The van der Waals surface area contributed by atoms with E-state index in [1.807, 2.05) is 6.07 Å². The normalized spacial score (nSPS) is 10.3. The number of hydrogen-bond acceptors (Lipinski definition) is 2. The standard InChI is InChI=1S/C12H9FINOS/c1-7-4-9(13)2-3-10(7)15-12(16)8-5-11(14)17-6-8/h2-6H,1H3,(H,15,16). The van der Waals surface area contributed by atoms with Gasteiger partial charge in [0.25, 0.3) is 5.91 Å². The van der Waals surface area contributed by atoms with Gasteiger partial charge in [0.15, 0.2) is 0 Å². The van der Waals surface area contributed by atoms with Crippen LogP contribution in [0.2, 0.25) is 0 Å². The minimum atomic E-state index is -0.300. The summed E-state index contributed by atoms with van der Waals surface area (Å²) in [7, 11) is 0. The van der Waals surface area contributed by atoms with Crippen molar-refractivity contribution < 1.29 is 9.18 Å². The van der Waals surface area contributed by atoms with E-state index < -0.39 is 0 Å². The summed E-state index contributed by atoms with van der Waals surface area (Å²) in [6, 6.07) is 6.12. The molecule has 1 aromatic carbocycles. The quantitative estimate of drug-likeness (QED) is 0.804. The molecular formula is C12H9FINOS. The highest BCUT2D eigenvalue weighted by Crippen LogP contribution is 2.20. The third-order valence-electron chi connectivity index (χ3n) is 2.27. The summed E-state index contributed by atoms with van der Waals surface area (Å²) < 4.78 is 14.0. The third-order valence-corrected chi connectivity index (χ3v) is 4.06. The fourth-order valence-electron chi connectivity index (χ4n) is 1.39. The zero-order valence-electron chi connectivity index (χ0n) is 8.96. The van der Waals surface area contributed by atoms with Crippen LogP contribution in [-0.2, 0) is 0 Å². The number of amides is 1. The van der Waals surface area contributed by atoms with Gasteiger partial charge in [-0.3, -0.25) is 4.79 Å². The molecule has 5 heteroatoms. The fraction of sp³-hybridized carbons (Fsp3) is 0.0833. The monoisotopic (exact) mass is 361 g/mol. The second-order valence-electron chi connectivity index (χ2n) is 3.55. The van der Waals surface area contributed by atoms with Crippen molar-refractivity contribution in [2.75, 3.05) is 5.32 Å². The van der Waals surface area contributed by atoms with Crippen LogP contribution in [0.3, 0.4) is 0 Å². The molecule has 1 heterocycles. The summed E-state index contributed by atoms with van der Waals surface area (Å²) in [5.41, 5.74) is 1.98. The van der Waals surface area contributed by atoms with Crippen LogP contribution in [0, 0.1) is 15.6 Å². The maximum absolute atomic E-state index is 12.9. The molecule has 1 aromatic heterocycles. The van der Waals surface area contributed by atoms with Gasteiger partial charge < -0.3 is 5.32 Å². The van der Waals surface area contributed by atoms with Gasteiger partial charge in [0.05, 0.1) is 8.45 Å². The lowest BCUT2D eigenvalue weighted by Gasteiger charge is -2.07. The van der Waals surface area contributed by atoms with Crippen LogP contribution in [0.4, 0.5) is 10.1 Å². The fourth-order valence-corrected chi connectivity index (χ4v) is 2.72. The van der Waals surface area contributed by atoms with Crippen LogP contribution >= 0.6 is 33.9 Å². The highest BCUT2D eigenvalue weighted by Gasteiger charge is 2.09. The summed E-state index contributed by atoms with van der Waals surface area (Å²) in [6.45, 7) is 1.76. The smallest absolute Gasteiger partial charge is 0.256 e. The topological polar surface area (TPSA) is 29.1 Å². The summed E-state index contributed by atoms with van der Waals surface area (Å²) >= 11 is 3.68. The van der Waals surface area contributed by atoms with E-state index in [0.29, 0.717) is 16.8 Å². The van der Waals surface area contributed by atoms with Crippen molar-refractivity contribution in [1.29, 1.82) is 0 Å². The van der Waals surface area contributed by atoms with Crippen molar-refractivity contribution in [1.82, 2.24) is 0 Å². The van der Waals surface area contributed by atoms with Crippen LogP contribution in [-0.4, -0.2) is 5.91 Å². The van der Waals surface area contributed by atoms with E-state index in [1.165, 1.54) is 23.5 Å². The number of halogens is 2. The van der Waals surface area contributed by atoms with E-state index in [4.69, 9.17) is 0 Å². The van der Waals surface area contributed by atoms with E-state index in [2.05, 4.69) is 27.9 Å². The van der Waals surface area contributed by atoms with Crippen molar-refractivity contribution in [3.8, 4) is 0 Å². The Kier molecular flexibility index (Phi) is 3.78. The first-order chi connectivity index (χ1) is 8.06. The van der Waals surface area contributed by atoms with Crippen molar-refractivity contribution >= 4 is 45.5 Å². The number of benzene rings is 1. The Morgan fingerprint density at radius 1 is 1.41 bits per heavy atom. The Morgan fingerprint density at radius 2 is 2.18 bits per heavy atom. The molecule has 0 spiro atoms. The first-order valence-corrected chi connectivity index (χ1v) is 6.83. The molecule has 17 heavy (non-hydrogen) atoms. The van der Waals surface area contributed by atoms with E-state index in [1.54, 1.807) is 18.4 Å².